The van der Waals surface area contributed by atoms with Gasteiger partial charge in [-0.1, -0.05) is 64.2 Å². The number of aliphatic hydroxyl groups is 3. The number of hydrogen-bond acceptors (Lipinski definition) is 3. The third-order valence-corrected chi connectivity index (χ3v) is 8.84. The number of fused-ring (bicyclic) bond motifs is 1. The van der Waals surface area contributed by atoms with E-state index in [1.54, 1.807) is 0 Å². The first-order chi connectivity index (χ1) is 14.5. The van der Waals surface area contributed by atoms with Crippen LogP contribution in [0, 0.1) is 29.1 Å². The molecule has 0 spiro atoms. The highest BCUT2D eigenvalue weighted by molar-refractivity contribution is 5.38. The Balaban J connectivity index is 1.78. The van der Waals surface area contributed by atoms with E-state index in [4.69, 9.17) is 0 Å². The lowest BCUT2D eigenvalue weighted by atomic mass is 9.61. The van der Waals surface area contributed by atoms with Crippen LogP contribution in [0.4, 0.5) is 0 Å². The van der Waals surface area contributed by atoms with E-state index in [0.717, 1.165) is 17.6 Å². The minimum absolute atomic E-state index is 0.201. The molecule has 0 bridgehead atoms. The van der Waals surface area contributed by atoms with Crippen LogP contribution >= 0.6 is 0 Å². The van der Waals surface area contributed by atoms with Crippen LogP contribution in [-0.4, -0.2) is 33.1 Å². The Morgan fingerprint density at radius 2 is 1.87 bits per heavy atom. The maximum Gasteiger partial charge on any atom is 0.0822 e. The largest absolute Gasteiger partial charge is 0.393 e. The van der Waals surface area contributed by atoms with E-state index in [2.05, 4.69) is 52.5 Å². The summed E-state index contributed by atoms with van der Waals surface area (Å²) >= 11 is 0. The molecule has 3 heteroatoms. The van der Waals surface area contributed by atoms with Crippen molar-refractivity contribution < 1.29 is 15.3 Å². The molecule has 0 amide bonds. The summed E-state index contributed by atoms with van der Waals surface area (Å²) in [6.45, 7) is 14.9. The fourth-order valence-electron chi connectivity index (χ4n) is 6.28. The zero-order valence-electron chi connectivity index (χ0n) is 20.3. The number of aliphatic hydroxyl groups excluding tert-OH is 2. The van der Waals surface area contributed by atoms with E-state index in [1.807, 2.05) is 13.0 Å². The first-order valence-electron chi connectivity index (χ1n) is 12.3. The molecule has 0 aromatic rings. The van der Waals surface area contributed by atoms with Crippen LogP contribution in [0.25, 0.3) is 0 Å². The summed E-state index contributed by atoms with van der Waals surface area (Å²) in [5.41, 5.74) is 2.82. The molecule has 0 unspecified atom stereocenters. The van der Waals surface area contributed by atoms with Gasteiger partial charge in [0.25, 0.3) is 0 Å². The summed E-state index contributed by atoms with van der Waals surface area (Å²) in [5.74, 6) is 1.87. The molecule has 31 heavy (non-hydrogen) atoms. The highest BCUT2D eigenvalue weighted by Crippen LogP contribution is 2.59. The zero-order valence-corrected chi connectivity index (χ0v) is 20.3. The van der Waals surface area contributed by atoms with Gasteiger partial charge < -0.3 is 15.3 Å². The third-order valence-electron chi connectivity index (χ3n) is 8.84. The minimum Gasteiger partial charge on any atom is -0.393 e. The number of allylic oxidation sites excluding steroid dienone is 4. The minimum atomic E-state index is -0.755. The molecule has 174 valence electrons. The summed E-state index contributed by atoms with van der Waals surface area (Å²) in [7, 11) is 0. The normalized spacial score (nSPS) is 40.0. The topological polar surface area (TPSA) is 60.7 Å². The van der Waals surface area contributed by atoms with Crippen molar-refractivity contribution in [3.05, 3.63) is 47.6 Å². The first kappa shape index (κ1) is 24.5. The summed E-state index contributed by atoms with van der Waals surface area (Å²) in [4.78, 5) is 0. The standard InChI is InChI=1S/C28H44O3/c1-18(2)28(6,31)15-13-19(3)24-11-12-25-21(8-7-14-27(24,25)5)9-10-22-16-23(29)17-26(30)20(22)4/h9-10,13,15,18-19,23-26,29-31H,4,7-8,11-12,14,16-17H2,1-3,5-6H3/b15-13+,21-9-,22-10-/t19-,23-,24-,25+,26-,27-,28-/m1/s1. The van der Waals surface area contributed by atoms with Crippen molar-refractivity contribution in [2.45, 2.75) is 97.4 Å². The third kappa shape index (κ3) is 5.10. The Kier molecular flexibility index (Phi) is 7.40. The molecule has 0 radical (unpaired) electrons. The Morgan fingerprint density at radius 1 is 1.16 bits per heavy atom. The Labute approximate surface area is 189 Å². The van der Waals surface area contributed by atoms with E-state index in [1.165, 1.54) is 31.3 Å². The van der Waals surface area contributed by atoms with Crippen molar-refractivity contribution in [1.29, 1.82) is 0 Å². The van der Waals surface area contributed by atoms with Gasteiger partial charge in [0.05, 0.1) is 17.8 Å². The van der Waals surface area contributed by atoms with Gasteiger partial charge in [0.1, 0.15) is 0 Å². The van der Waals surface area contributed by atoms with E-state index >= 15 is 0 Å². The number of rotatable bonds is 5. The van der Waals surface area contributed by atoms with Gasteiger partial charge in [0.2, 0.25) is 0 Å². The molecule has 0 aliphatic heterocycles. The van der Waals surface area contributed by atoms with Gasteiger partial charge in [-0.25, -0.2) is 0 Å². The Hall–Kier alpha value is -1.16. The van der Waals surface area contributed by atoms with Crippen molar-refractivity contribution >= 4 is 0 Å². The smallest absolute Gasteiger partial charge is 0.0822 e. The zero-order chi connectivity index (χ0) is 23.0. The van der Waals surface area contributed by atoms with Crippen LogP contribution < -0.4 is 0 Å². The summed E-state index contributed by atoms with van der Waals surface area (Å²) in [5, 5.41) is 30.8. The molecule has 0 aromatic carbocycles. The lowest BCUT2D eigenvalue weighted by Crippen LogP contribution is -2.36. The predicted octanol–water partition coefficient (Wildman–Crippen LogP) is 5.73. The molecule has 0 heterocycles. The van der Waals surface area contributed by atoms with Crippen molar-refractivity contribution in [3.8, 4) is 0 Å². The van der Waals surface area contributed by atoms with Gasteiger partial charge in [-0.3, -0.25) is 0 Å². The van der Waals surface area contributed by atoms with Crippen LogP contribution in [-0.2, 0) is 0 Å². The maximum absolute atomic E-state index is 10.6. The van der Waals surface area contributed by atoms with Crippen LogP contribution in [0.5, 0.6) is 0 Å². The van der Waals surface area contributed by atoms with Gasteiger partial charge in [0, 0.05) is 6.42 Å². The monoisotopic (exact) mass is 428 g/mol. The molecular formula is C28H44O3. The Morgan fingerprint density at radius 3 is 2.55 bits per heavy atom. The molecule has 3 fully saturated rings. The highest BCUT2D eigenvalue weighted by atomic mass is 16.3. The lowest BCUT2D eigenvalue weighted by Gasteiger charge is -2.44. The Bertz CT molecular complexity index is 756. The van der Waals surface area contributed by atoms with Gasteiger partial charge in [-0.2, -0.15) is 0 Å². The molecule has 3 aliphatic carbocycles. The molecular weight excluding hydrogens is 384 g/mol. The van der Waals surface area contributed by atoms with E-state index in [-0.39, 0.29) is 5.92 Å². The first-order valence-corrected chi connectivity index (χ1v) is 12.3. The predicted molar refractivity (Wildman–Crippen MR) is 128 cm³/mol. The molecule has 3 saturated carbocycles. The molecule has 7 atom stereocenters. The number of hydrogen-bond donors (Lipinski definition) is 3. The van der Waals surface area contributed by atoms with E-state index in [0.29, 0.717) is 36.0 Å². The molecule has 3 rings (SSSR count). The lowest BCUT2D eigenvalue weighted by molar-refractivity contribution is 0.0607. The second kappa shape index (κ2) is 9.37. The van der Waals surface area contributed by atoms with Gasteiger partial charge in [0.15, 0.2) is 0 Å². The van der Waals surface area contributed by atoms with E-state index < -0.39 is 17.8 Å². The average molecular weight is 429 g/mol. The van der Waals surface area contributed by atoms with Crippen LogP contribution in [0.1, 0.15) is 79.6 Å². The van der Waals surface area contributed by atoms with Crippen molar-refractivity contribution in [3.63, 3.8) is 0 Å². The van der Waals surface area contributed by atoms with Crippen molar-refractivity contribution in [2.75, 3.05) is 0 Å². The van der Waals surface area contributed by atoms with Crippen LogP contribution in [0.15, 0.2) is 47.6 Å². The summed E-state index contributed by atoms with van der Waals surface area (Å²) < 4.78 is 0. The van der Waals surface area contributed by atoms with Crippen LogP contribution in [0.3, 0.4) is 0 Å². The van der Waals surface area contributed by atoms with Gasteiger partial charge in [-0.15, -0.1) is 0 Å². The second-order valence-electron chi connectivity index (χ2n) is 11.3. The highest BCUT2D eigenvalue weighted by Gasteiger charge is 2.50. The fraction of sp³-hybridized carbons (Fsp3) is 0.714. The summed E-state index contributed by atoms with van der Waals surface area (Å²) in [6, 6.07) is 0. The quantitative estimate of drug-likeness (QED) is 0.490. The second-order valence-corrected chi connectivity index (χ2v) is 11.3. The molecule has 3 aliphatic rings. The van der Waals surface area contributed by atoms with Crippen molar-refractivity contribution in [1.82, 2.24) is 0 Å². The SMILES string of the molecule is C=C1/C(=C\C=C2\CCC[C@]3(C)[C@@H]([C@H](C)/C=C/[C@@](C)(O)C(C)C)CC[C@@H]23)C[C@@H](O)C[C@H]1O. The molecule has 3 N–H and O–H groups in total. The molecule has 0 saturated heterocycles. The fourth-order valence-corrected chi connectivity index (χ4v) is 6.28. The van der Waals surface area contributed by atoms with Crippen LogP contribution in [0.2, 0.25) is 0 Å². The molecule has 3 nitrogen and oxygen atoms in total. The average Bonchev–Trinajstić information content (AvgIpc) is 3.05. The van der Waals surface area contributed by atoms with Crippen molar-refractivity contribution in [2.24, 2.45) is 29.1 Å². The van der Waals surface area contributed by atoms with E-state index in [9.17, 15) is 15.3 Å². The summed E-state index contributed by atoms with van der Waals surface area (Å²) in [6.07, 6.45) is 14.6. The maximum atomic E-state index is 10.6. The molecule has 0 aromatic heterocycles. The van der Waals surface area contributed by atoms with Gasteiger partial charge in [-0.05, 0) is 85.7 Å². The van der Waals surface area contributed by atoms with Gasteiger partial charge >= 0.3 is 0 Å².